The summed E-state index contributed by atoms with van der Waals surface area (Å²) in [6, 6.07) is 19.2. The van der Waals surface area contributed by atoms with Crippen molar-refractivity contribution in [2.24, 2.45) is 0 Å². The Bertz CT molecular complexity index is 1290. The number of non-ortho nitro benzene ring substituents is 1. The van der Waals surface area contributed by atoms with E-state index < -0.39 is 16.1 Å². The minimum Gasteiger partial charge on any atom is -0.494 e. The van der Waals surface area contributed by atoms with Crippen molar-refractivity contribution < 1.29 is 24.0 Å². The Morgan fingerprint density at radius 3 is 2.35 bits per heavy atom. The number of hydrogen-bond acceptors (Lipinski definition) is 7. The van der Waals surface area contributed by atoms with Crippen molar-refractivity contribution in [1.82, 2.24) is 0 Å². The molecular formula is C27H25N3O6S. The molecule has 1 aliphatic heterocycles. The predicted octanol–water partition coefficient (Wildman–Crippen LogP) is 5.45. The third-order valence-corrected chi connectivity index (χ3v) is 6.89. The van der Waals surface area contributed by atoms with Gasteiger partial charge >= 0.3 is 0 Å². The van der Waals surface area contributed by atoms with Gasteiger partial charge < -0.3 is 10.1 Å². The van der Waals surface area contributed by atoms with E-state index in [0.29, 0.717) is 29.3 Å². The molecule has 0 aromatic heterocycles. The lowest BCUT2D eigenvalue weighted by Crippen LogP contribution is -2.31. The first-order valence-corrected chi connectivity index (χ1v) is 12.7. The lowest BCUT2D eigenvalue weighted by molar-refractivity contribution is -0.384. The average Bonchev–Trinajstić information content (AvgIpc) is 3.18. The van der Waals surface area contributed by atoms with E-state index in [-0.39, 0.29) is 23.9 Å². The molecule has 3 amide bonds. The van der Waals surface area contributed by atoms with Crippen molar-refractivity contribution in [2.45, 2.75) is 36.3 Å². The molecule has 1 unspecified atom stereocenters. The molecule has 1 saturated heterocycles. The van der Waals surface area contributed by atoms with Crippen LogP contribution < -0.4 is 15.0 Å². The normalized spacial score (nSPS) is 15.1. The van der Waals surface area contributed by atoms with Gasteiger partial charge in [0.25, 0.3) is 11.6 Å². The number of ether oxygens (including phenoxy) is 1. The van der Waals surface area contributed by atoms with Crippen LogP contribution in [0.2, 0.25) is 0 Å². The average molecular weight is 520 g/mol. The molecule has 1 aliphatic rings. The number of imide groups is 1. The number of nitrogens with one attached hydrogen (secondary N) is 1. The van der Waals surface area contributed by atoms with E-state index in [9.17, 15) is 24.5 Å². The van der Waals surface area contributed by atoms with Gasteiger partial charge in [-0.3, -0.25) is 24.5 Å². The molecular weight excluding hydrogens is 494 g/mol. The summed E-state index contributed by atoms with van der Waals surface area (Å²) in [6.45, 7) is 2.71. The molecule has 4 rings (SSSR count). The highest BCUT2D eigenvalue weighted by atomic mass is 32.2. The first kappa shape index (κ1) is 25.9. The number of amides is 3. The van der Waals surface area contributed by atoms with E-state index in [4.69, 9.17) is 4.74 Å². The predicted molar refractivity (Wildman–Crippen MR) is 141 cm³/mol. The number of thioether (sulfide) groups is 1. The summed E-state index contributed by atoms with van der Waals surface area (Å²) < 4.78 is 5.65. The molecule has 0 saturated carbocycles. The zero-order chi connectivity index (χ0) is 26.4. The maximum atomic E-state index is 13.0. The standard InChI is InChI=1S/C27H25N3O6S/c1-2-3-16-36-22-12-10-20(11-13-22)29-25(31)17-24(27(29)33)37-23-14-6-19(7-15-23)28-26(32)18-4-8-21(9-5-18)30(34)35/h4-15,24H,2-3,16-17H2,1H3,(H,28,32). The molecule has 1 heterocycles. The Kier molecular flexibility index (Phi) is 8.19. The van der Waals surface area contributed by atoms with E-state index in [0.717, 1.165) is 17.7 Å². The van der Waals surface area contributed by atoms with Crippen molar-refractivity contribution in [1.29, 1.82) is 0 Å². The number of carbonyl (C=O) groups is 3. The lowest BCUT2D eigenvalue weighted by atomic mass is 10.2. The number of nitro groups is 1. The van der Waals surface area contributed by atoms with Crippen molar-refractivity contribution in [3.63, 3.8) is 0 Å². The number of hydrogen-bond donors (Lipinski definition) is 1. The molecule has 0 radical (unpaired) electrons. The summed E-state index contributed by atoms with van der Waals surface area (Å²) in [7, 11) is 0. The second kappa shape index (κ2) is 11.7. The molecule has 9 nitrogen and oxygen atoms in total. The number of rotatable bonds is 10. The Hall–Kier alpha value is -4.18. The van der Waals surface area contributed by atoms with Crippen LogP contribution in [0.5, 0.6) is 5.75 Å². The highest BCUT2D eigenvalue weighted by molar-refractivity contribution is 8.00. The van der Waals surface area contributed by atoms with E-state index >= 15 is 0 Å². The molecule has 1 N–H and O–H groups in total. The van der Waals surface area contributed by atoms with Gasteiger partial charge in [0.15, 0.2) is 0 Å². The minimum absolute atomic E-state index is 0.0927. The Balaban J connectivity index is 1.34. The first-order chi connectivity index (χ1) is 17.9. The van der Waals surface area contributed by atoms with Crippen LogP contribution in [0.1, 0.15) is 36.5 Å². The summed E-state index contributed by atoms with van der Waals surface area (Å²) in [5.74, 6) is -0.230. The number of benzene rings is 3. The van der Waals surface area contributed by atoms with E-state index in [2.05, 4.69) is 12.2 Å². The van der Waals surface area contributed by atoms with Crippen LogP contribution in [0, 0.1) is 10.1 Å². The number of unbranched alkanes of at least 4 members (excludes halogenated alkanes) is 1. The number of carbonyl (C=O) groups excluding carboxylic acids is 3. The maximum absolute atomic E-state index is 13.0. The minimum atomic E-state index is -0.548. The number of anilines is 2. The topological polar surface area (TPSA) is 119 Å². The molecule has 3 aromatic carbocycles. The summed E-state index contributed by atoms with van der Waals surface area (Å²) in [5, 5.41) is 13.0. The van der Waals surface area contributed by atoms with Crippen molar-refractivity contribution in [3.05, 3.63) is 88.5 Å². The summed E-state index contributed by atoms with van der Waals surface area (Å²) >= 11 is 1.29. The lowest BCUT2D eigenvalue weighted by Gasteiger charge is -2.16. The molecule has 37 heavy (non-hydrogen) atoms. The van der Waals surface area contributed by atoms with Crippen molar-refractivity contribution >= 4 is 46.5 Å². The fourth-order valence-corrected chi connectivity index (χ4v) is 4.77. The SMILES string of the molecule is CCCCOc1ccc(N2C(=O)CC(Sc3ccc(NC(=O)c4ccc([N+](=O)[O-])cc4)cc3)C2=O)cc1. The second-order valence-electron chi connectivity index (χ2n) is 8.36. The quantitative estimate of drug-likeness (QED) is 0.164. The highest BCUT2D eigenvalue weighted by Gasteiger charge is 2.40. The van der Waals surface area contributed by atoms with Crippen LogP contribution in [0.15, 0.2) is 77.7 Å². The Morgan fingerprint density at radius 1 is 1.05 bits per heavy atom. The Labute approximate surface area is 218 Å². The van der Waals surface area contributed by atoms with Crippen LogP contribution in [0.25, 0.3) is 0 Å². The van der Waals surface area contributed by atoms with Gasteiger partial charge in [-0.25, -0.2) is 4.90 Å². The molecule has 1 atom stereocenters. The van der Waals surface area contributed by atoms with Crippen molar-refractivity contribution in [2.75, 3.05) is 16.8 Å². The fourth-order valence-electron chi connectivity index (χ4n) is 3.71. The van der Waals surface area contributed by atoms with E-state index in [1.54, 1.807) is 48.5 Å². The molecule has 1 fully saturated rings. The maximum Gasteiger partial charge on any atom is 0.269 e. The molecule has 0 aliphatic carbocycles. The van der Waals surface area contributed by atoms with Gasteiger partial charge in [-0.15, -0.1) is 11.8 Å². The van der Waals surface area contributed by atoms with Crippen molar-refractivity contribution in [3.8, 4) is 5.75 Å². The smallest absolute Gasteiger partial charge is 0.269 e. The Morgan fingerprint density at radius 2 is 1.73 bits per heavy atom. The highest BCUT2D eigenvalue weighted by Crippen LogP contribution is 2.35. The molecule has 10 heteroatoms. The largest absolute Gasteiger partial charge is 0.494 e. The third kappa shape index (κ3) is 6.34. The summed E-state index contributed by atoms with van der Waals surface area (Å²) in [5.41, 5.74) is 1.25. The molecule has 3 aromatic rings. The van der Waals surface area contributed by atoms with Crippen LogP contribution in [0.4, 0.5) is 17.1 Å². The van der Waals surface area contributed by atoms with Gasteiger partial charge in [-0.05, 0) is 67.1 Å². The van der Waals surface area contributed by atoms with Crippen LogP contribution in [0.3, 0.4) is 0 Å². The summed E-state index contributed by atoms with van der Waals surface area (Å²) in [6.07, 6.45) is 2.08. The third-order valence-electron chi connectivity index (χ3n) is 5.70. The second-order valence-corrected chi connectivity index (χ2v) is 9.63. The van der Waals surface area contributed by atoms with Gasteiger partial charge in [0, 0.05) is 34.7 Å². The van der Waals surface area contributed by atoms with Gasteiger partial charge in [0.05, 0.1) is 22.5 Å². The van der Waals surface area contributed by atoms with E-state index in [1.807, 2.05) is 0 Å². The molecule has 0 bridgehead atoms. The van der Waals surface area contributed by atoms with Crippen LogP contribution in [-0.4, -0.2) is 34.5 Å². The van der Waals surface area contributed by atoms with Gasteiger partial charge in [0.1, 0.15) is 5.75 Å². The fraction of sp³-hybridized carbons (Fsp3) is 0.222. The molecule has 190 valence electrons. The van der Waals surface area contributed by atoms with Crippen LogP contribution >= 0.6 is 11.8 Å². The number of nitrogens with zero attached hydrogens (tertiary/aromatic N) is 2. The summed E-state index contributed by atoms with van der Waals surface area (Å²) in [4.78, 5) is 50.3. The van der Waals surface area contributed by atoms with Crippen LogP contribution in [-0.2, 0) is 9.59 Å². The first-order valence-electron chi connectivity index (χ1n) is 11.8. The zero-order valence-corrected chi connectivity index (χ0v) is 20.9. The molecule has 0 spiro atoms. The zero-order valence-electron chi connectivity index (χ0n) is 20.1. The van der Waals surface area contributed by atoms with Gasteiger partial charge in [-0.1, -0.05) is 13.3 Å². The monoisotopic (exact) mass is 519 g/mol. The number of nitro benzene ring substituents is 1. The van der Waals surface area contributed by atoms with Gasteiger partial charge in [0.2, 0.25) is 11.8 Å². The van der Waals surface area contributed by atoms with Gasteiger partial charge in [-0.2, -0.15) is 0 Å². The van der Waals surface area contributed by atoms with E-state index in [1.165, 1.54) is 40.9 Å².